The number of hydrogen-bond acceptors (Lipinski definition) is 3. The molecule has 3 nitrogen and oxygen atoms in total. The minimum atomic E-state index is 0.872. The van der Waals surface area contributed by atoms with Crippen molar-refractivity contribution in [2.75, 3.05) is 20.8 Å². The molecule has 0 saturated heterocycles. The van der Waals surface area contributed by atoms with E-state index in [-0.39, 0.29) is 0 Å². The van der Waals surface area contributed by atoms with E-state index in [1.54, 1.807) is 14.2 Å². The van der Waals surface area contributed by atoms with Gasteiger partial charge in [-0.1, -0.05) is 0 Å². The first-order valence-corrected chi connectivity index (χ1v) is 5.22. The molecule has 1 N–H and O–H groups in total. The Morgan fingerprint density at radius 1 is 1.20 bits per heavy atom. The molecule has 0 unspecified atom stereocenters. The summed E-state index contributed by atoms with van der Waals surface area (Å²) in [6, 6.07) is 2.06. The Morgan fingerprint density at radius 2 is 2.00 bits per heavy atom. The summed E-state index contributed by atoms with van der Waals surface area (Å²) in [6.45, 7) is 3.93. The number of rotatable bonds is 2. The summed E-state index contributed by atoms with van der Waals surface area (Å²) in [5, 5.41) is 3.36. The highest BCUT2D eigenvalue weighted by Crippen LogP contribution is 2.35. The second kappa shape index (κ2) is 4.11. The van der Waals surface area contributed by atoms with Crippen LogP contribution in [0.5, 0.6) is 11.5 Å². The summed E-state index contributed by atoms with van der Waals surface area (Å²) in [6.07, 6.45) is 1.01. The Morgan fingerprint density at radius 3 is 2.67 bits per heavy atom. The molecule has 0 aromatic heterocycles. The van der Waals surface area contributed by atoms with Gasteiger partial charge < -0.3 is 14.8 Å². The highest BCUT2D eigenvalue weighted by atomic mass is 16.5. The van der Waals surface area contributed by atoms with Crippen LogP contribution >= 0.6 is 0 Å². The predicted molar refractivity (Wildman–Crippen MR) is 59.7 cm³/mol. The molecule has 0 spiro atoms. The zero-order valence-electron chi connectivity index (χ0n) is 9.52. The van der Waals surface area contributed by atoms with Gasteiger partial charge in [0.05, 0.1) is 14.2 Å². The minimum absolute atomic E-state index is 0.872. The molecule has 1 aromatic carbocycles. The van der Waals surface area contributed by atoms with Crippen molar-refractivity contribution in [3.8, 4) is 11.5 Å². The molecule has 1 heterocycles. The van der Waals surface area contributed by atoms with E-state index in [2.05, 4.69) is 18.3 Å². The second-order valence-corrected chi connectivity index (χ2v) is 3.81. The summed E-state index contributed by atoms with van der Waals surface area (Å²) in [4.78, 5) is 0. The zero-order valence-corrected chi connectivity index (χ0v) is 9.52. The Kier molecular flexibility index (Phi) is 2.82. The number of benzene rings is 1. The SMILES string of the molecule is COc1cc(C)c(OC)c2c1CCNC2. The standard InChI is InChI=1S/C12H17NO2/c1-8-6-11(14-2)9-4-5-13-7-10(9)12(8)15-3/h6,13H,4-5,7H2,1-3H3. The maximum absolute atomic E-state index is 5.45. The van der Waals surface area contributed by atoms with Crippen LogP contribution in [0, 0.1) is 6.92 Å². The molecule has 0 aliphatic carbocycles. The predicted octanol–water partition coefficient (Wildman–Crippen LogP) is 1.66. The lowest BCUT2D eigenvalue weighted by molar-refractivity contribution is 0.385. The number of ether oxygens (including phenoxy) is 2. The summed E-state index contributed by atoms with van der Waals surface area (Å²) in [7, 11) is 3.45. The molecule has 0 amide bonds. The van der Waals surface area contributed by atoms with Gasteiger partial charge >= 0.3 is 0 Å². The van der Waals surface area contributed by atoms with Crippen molar-refractivity contribution in [3.05, 3.63) is 22.8 Å². The smallest absolute Gasteiger partial charge is 0.126 e. The van der Waals surface area contributed by atoms with Crippen LogP contribution in [0.15, 0.2) is 6.07 Å². The van der Waals surface area contributed by atoms with Gasteiger partial charge in [-0.25, -0.2) is 0 Å². The maximum Gasteiger partial charge on any atom is 0.126 e. The fraction of sp³-hybridized carbons (Fsp3) is 0.500. The summed E-state index contributed by atoms with van der Waals surface area (Å²) < 4.78 is 10.9. The Labute approximate surface area is 90.4 Å². The Balaban J connectivity index is 2.60. The van der Waals surface area contributed by atoms with Crippen molar-refractivity contribution in [3.63, 3.8) is 0 Å². The highest BCUT2D eigenvalue weighted by Gasteiger charge is 2.19. The monoisotopic (exact) mass is 207 g/mol. The summed E-state index contributed by atoms with van der Waals surface area (Å²) >= 11 is 0. The lowest BCUT2D eigenvalue weighted by atomic mass is 9.96. The van der Waals surface area contributed by atoms with Crippen molar-refractivity contribution in [2.45, 2.75) is 19.9 Å². The quantitative estimate of drug-likeness (QED) is 0.800. The van der Waals surface area contributed by atoms with Gasteiger partial charge in [0.1, 0.15) is 11.5 Å². The van der Waals surface area contributed by atoms with Crippen LogP contribution in [0.1, 0.15) is 16.7 Å². The van der Waals surface area contributed by atoms with Gasteiger partial charge in [-0.3, -0.25) is 0 Å². The van der Waals surface area contributed by atoms with Gasteiger partial charge in [0, 0.05) is 17.7 Å². The third-order valence-corrected chi connectivity index (χ3v) is 2.92. The van der Waals surface area contributed by atoms with E-state index in [9.17, 15) is 0 Å². The molecular formula is C12H17NO2. The third-order valence-electron chi connectivity index (χ3n) is 2.92. The molecule has 1 aliphatic heterocycles. The van der Waals surface area contributed by atoms with Crippen molar-refractivity contribution in [1.29, 1.82) is 0 Å². The van der Waals surface area contributed by atoms with Crippen molar-refractivity contribution >= 4 is 0 Å². The van der Waals surface area contributed by atoms with Crippen molar-refractivity contribution in [2.24, 2.45) is 0 Å². The first kappa shape index (κ1) is 10.3. The normalized spacial score (nSPS) is 14.6. The van der Waals surface area contributed by atoms with Gasteiger partial charge in [-0.15, -0.1) is 0 Å². The van der Waals surface area contributed by atoms with Crippen LogP contribution in [0.4, 0.5) is 0 Å². The molecule has 0 radical (unpaired) electrons. The lowest BCUT2D eigenvalue weighted by Gasteiger charge is -2.23. The van der Waals surface area contributed by atoms with Crippen LogP contribution in [0.3, 0.4) is 0 Å². The third kappa shape index (κ3) is 1.67. The summed E-state index contributed by atoms with van der Waals surface area (Å²) in [5.41, 5.74) is 3.68. The molecule has 82 valence electrons. The highest BCUT2D eigenvalue weighted by molar-refractivity contribution is 5.54. The first-order valence-electron chi connectivity index (χ1n) is 5.22. The molecule has 1 aliphatic rings. The van der Waals surface area contributed by atoms with E-state index in [0.717, 1.165) is 36.6 Å². The van der Waals surface area contributed by atoms with E-state index in [4.69, 9.17) is 9.47 Å². The topological polar surface area (TPSA) is 30.5 Å². The molecular weight excluding hydrogens is 190 g/mol. The van der Waals surface area contributed by atoms with E-state index in [1.165, 1.54) is 11.1 Å². The average molecular weight is 207 g/mol. The van der Waals surface area contributed by atoms with Gasteiger partial charge in [0.2, 0.25) is 0 Å². The van der Waals surface area contributed by atoms with E-state index < -0.39 is 0 Å². The zero-order chi connectivity index (χ0) is 10.8. The molecule has 0 atom stereocenters. The fourth-order valence-corrected chi connectivity index (χ4v) is 2.23. The number of aryl methyl sites for hydroxylation is 1. The molecule has 0 fully saturated rings. The minimum Gasteiger partial charge on any atom is -0.496 e. The number of nitrogens with one attached hydrogen (secondary N) is 1. The maximum atomic E-state index is 5.45. The van der Waals surface area contributed by atoms with Crippen LogP contribution < -0.4 is 14.8 Å². The van der Waals surface area contributed by atoms with Crippen LogP contribution in [0.2, 0.25) is 0 Å². The van der Waals surface area contributed by atoms with E-state index >= 15 is 0 Å². The lowest BCUT2D eigenvalue weighted by Crippen LogP contribution is -2.25. The van der Waals surface area contributed by atoms with Crippen molar-refractivity contribution < 1.29 is 9.47 Å². The van der Waals surface area contributed by atoms with Crippen LogP contribution in [0.25, 0.3) is 0 Å². The molecule has 2 rings (SSSR count). The van der Waals surface area contributed by atoms with Crippen LogP contribution in [-0.2, 0) is 13.0 Å². The van der Waals surface area contributed by atoms with E-state index in [0.29, 0.717) is 0 Å². The molecule has 3 heteroatoms. The van der Waals surface area contributed by atoms with E-state index in [1.807, 2.05) is 0 Å². The van der Waals surface area contributed by atoms with Gasteiger partial charge in [0.25, 0.3) is 0 Å². The molecule has 0 bridgehead atoms. The first-order chi connectivity index (χ1) is 7.27. The largest absolute Gasteiger partial charge is 0.496 e. The summed E-state index contributed by atoms with van der Waals surface area (Å²) in [5.74, 6) is 1.99. The molecule has 15 heavy (non-hydrogen) atoms. The molecule has 0 saturated carbocycles. The van der Waals surface area contributed by atoms with Crippen molar-refractivity contribution in [1.82, 2.24) is 5.32 Å². The van der Waals surface area contributed by atoms with Gasteiger partial charge in [-0.2, -0.15) is 0 Å². The molecule has 1 aromatic rings. The second-order valence-electron chi connectivity index (χ2n) is 3.81. The number of fused-ring (bicyclic) bond motifs is 1. The van der Waals surface area contributed by atoms with Crippen LogP contribution in [-0.4, -0.2) is 20.8 Å². The van der Waals surface area contributed by atoms with Gasteiger partial charge in [-0.05, 0) is 31.5 Å². The Bertz CT molecular complexity index is 374. The number of methoxy groups -OCH3 is 2. The fourth-order valence-electron chi connectivity index (χ4n) is 2.23. The Hall–Kier alpha value is -1.22. The van der Waals surface area contributed by atoms with Gasteiger partial charge in [0.15, 0.2) is 0 Å². The average Bonchev–Trinajstić information content (AvgIpc) is 2.28. The number of hydrogen-bond donors (Lipinski definition) is 1.